The molecule has 0 spiro atoms. The highest BCUT2D eigenvalue weighted by atomic mass is 16.5. The van der Waals surface area contributed by atoms with E-state index in [0.29, 0.717) is 32.7 Å². The number of hydrogen-bond acceptors (Lipinski definition) is 3. The number of likely N-dealkylation sites (tertiary alicyclic amines) is 1. The van der Waals surface area contributed by atoms with Gasteiger partial charge in [0.15, 0.2) is 0 Å². The van der Waals surface area contributed by atoms with Crippen LogP contribution in [0.4, 0.5) is 0 Å². The van der Waals surface area contributed by atoms with Crippen molar-refractivity contribution in [2.24, 2.45) is 10.8 Å². The summed E-state index contributed by atoms with van der Waals surface area (Å²) >= 11 is 0. The first-order valence-corrected chi connectivity index (χ1v) is 8.04. The normalized spacial score (nSPS) is 28.0. The molecule has 1 heterocycles. The van der Waals surface area contributed by atoms with Crippen LogP contribution < -0.4 is 0 Å². The molecule has 5 heteroatoms. The van der Waals surface area contributed by atoms with Gasteiger partial charge in [0, 0.05) is 26.3 Å². The fraction of sp³-hybridized carbons (Fsp3) is 0.875. The first kappa shape index (κ1) is 16.3. The molecule has 120 valence electrons. The van der Waals surface area contributed by atoms with Crippen LogP contribution in [-0.4, -0.2) is 48.2 Å². The predicted molar refractivity (Wildman–Crippen MR) is 79.0 cm³/mol. The van der Waals surface area contributed by atoms with Crippen molar-refractivity contribution in [2.75, 3.05) is 26.3 Å². The summed E-state index contributed by atoms with van der Waals surface area (Å²) in [5, 5.41) is 9.39. The lowest BCUT2D eigenvalue weighted by molar-refractivity contribution is -0.160. The van der Waals surface area contributed by atoms with E-state index in [2.05, 4.69) is 0 Å². The van der Waals surface area contributed by atoms with Crippen LogP contribution in [0.5, 0.6) is 0 Å². The molecule has 1 N–H and O–H groups in total. The van der Waals surface area contributed by atoms with Gasteiger partial charge in [-0.2, -0.15) is 0 Å². The first-order chi connectivity index (χ1) is 9.93. The molecule has 1 aliphatic heterocycles. The summed E-state index contributed by atoms with van der Waals surface area (Å²) in [6.45, 7) is 6.04. The number of carbonyl (C=O) groups is 2. The zero-order valence-corrected chi connectivity index (χ0v) is 13.2. The molecule has 0 bridgehead atoms. The Balaban J connectivity index is 2.02. The van der Waals surface area contributed by atoms with Crippen molar-refractivity contribution in [2.45, 2.75) is 52.4 Å². The molecule has 0 aromatic carbocycles. The lowest BCUT2D eigenvalue weighted by atomic mass is 9.65. The Morgan fingerprint density at radius 1 is 1.24 bits per heavy atom. The van der Waals surface area contributed by atoms with E-state index >= 15 is 0 Å². The summed E-state index contributed by atoms with van der Waals surface area (Å²) in [4.78, 5) is 26.1. The van der Waals surface area contributed by atoms with Gasteiger partial charge in [0.1, 0.15) is 0 Å². The summed E-state index contributed by atoms with van der Waals surface area (Å²) in [5.41, 5.74) is -1.08. The Morgan fingerprint density at radius 2 is 1.95 bits per heavy atom. The molecule has 1 saturated heterocycles. The van der Waals surface area contributed by atoms with Gasteiger partial charge >= 0.3 is 5.97 Å². The number of ether oxygens (including phenoxy) is 1. The molecule has 21 heavy (non-hydrogen) atoms. The largest absolute Gasteiger partial charge is 0.481 e. The molecule has 2 aliphatic rings. The second kappa shape index (κ2) is 6.34. The van der Waals surface area contributed by atoms with Crippen molar-refractivity contribution in [3.8, 4) is 0 Å². The van der Waals surface area contributed by atoms with Gasteiger partial charge in [-0.1, -0.05) is 6.42 Å². The number of carboxylic acids is 1. The monoisotopic (exact) mass is 297 g/mol. The van der Waals surface area contributed by atoms with Gasteiger partial charge in [0.25, 0.3) is 0 Å². The molecule has 1 aliphatic carbocycles. The third kappa shape index (κ3) is 3.23. The fourth-order valence-corrected chi connectivity index (χ4v) is 3.51. The lowest BCUT2D eigenvalue weighted by Crippen LogP contribution is -2.55. The van der Waals surface area contributed by atoms with Crippen LogP contribution in [0.15, 0.2) is 0 Å². The number of hydrogen-bond donors (Lipinski definition) is 1. The maximum absolute atomic E-state index is 12.9. The summed E-state index contributed by atoms with van der Waals surface area (Å²) in [5.74, 6) is -0.641. The van der Waals surface area contributed by atoms with E-state index in [9.17, 15) is 14.7 Å². The van der Waals surface area contributed by atoms with Crippen molar-refractivity contribution in [3.05, 3.63) is 0 Å². The van der Waals surface area contributed by atoms with Crippen LogP contribution in [0, 0.1) is 10.8 Å². The third-order valence-electron chi connectivity index (χ3n) is 5.19. The molecular weight excluding hydrogens is 270 g/mol. The van der Waals surface area contributed by atoms with Crippen LogP contribution >= 0.6 is 0 Å². The van der Waals surface area contributed by atoms with Crippen LogP contribution in [0.1, 0.15) is 52.4 Å². The number of aliphatic carboxylic acids is 1. The minimum atomic E-state index is -0.794. The van der Waals surface area contributed by atoms with Gasteiger partial charge in [0.05, 0.1) is 10.8 Å². The van der Waals surface area contributed by atoms with Gasteiger partial charge < -0.3 is 14.7 Å². The molecule has 0 aromatic heterocycles. The van der Waals surface area contributed by atoms with E-state index in [0.717, 1.165) is 32.1 Å². The lowest BCUT2D eigenvalue weighted by Gasteiger charge is -2.47. The van der Waals surface area contributed by atoms with Crippen LogP contribution in [0.25, 0.3) is 0 Å². The Morgan fingerprint density at radius 3 is 2.48 bits per heavy atom. The molecule has 1 amide bonds. The zero-order valence-electron chi connectivity index (χ0n) is 13.2. The first-order valence-electron chi connectivity index (χ1n) is 8.04. The second-order valence-corrected chi connectivity index (χ2v) is 6.78. The van der Waals surface area contributed by atoms with E-state index in [4.69, 9.17) is 4.74 Å². The van der Waals surface area contributed by atoms with E-state index < -0.39 is 11.4 Å². The van der Waals surface area contributed by atoms with Crippen molar-refractivity contribution in [3.63, 3.8) is 0 Å². The maximum Gasteiger partial charge on any atom is 0.311 e. The topological polar surface area (TPSA) is 66.8 Å². The number of carboxylic acid groups (broad SMARTS) is 1. The van der Waals surface area contributed by atoms with Gasteiger partial charge in [-0.25, -0.2) is 0 Å². The number of piperidine rings is 1. The van der Waals surface area contributed by atoms with E-state index in [1.807, 2.05) is 6.92 Å². The summed E-state index contributed by atoms with van der Waals surface area (Å²) in [6, 6.07) is 0. The molecule has 2 rings (SSSR count). The highest BCUT2D eigenvalue weighted by Gasteiger charge is 2.48. The SMILES string of the molecule is CCOCCC1(C(=O)N2CCCC(C)(C(=O)O)C2)CCC1. The molecular formula is C16H27NO4. The number of carbonyl (C=O) groups excluding carboxylic acids is 1. The van der Waals surface area contributed by atoms with Crippen molar-refractivity contribution in [1.29, 1.82) is 0 Å². The van der Waals surface area contributed by atoms with E-state index in [-0.39, 0.29) is 11.3 Å². The van der Waals surface area contributed by atoms with Gasteiger partial charge in [-0.05, 0) is 46.0 Å². The predicted octanol–water partition coefficient (Wildman–Crippen LogP) is 2.30. The average Bonchev–Trinajstić information content (AvgIpc) is 2.41. The minimum absolute atomic E-state index is 0.153. The van der Waals surface area contributed by atoms with Gasteiger partial charge in [-0.15, -0.1) is 0 Å². The van der Waals surface area contributed by atoms with Crippen LogP contribution in [-0.2, 0) is 14.3 Å². The fourth-order valence-electron chi connectivity index (χ4n) is 3.51. The standard InChI is InChI=1S/C16H27NO4/c1-3-21-11-9-16(7-4-8-16)13(18)17-10-5-6-15(2,12-17)14(19)20/h3-12H2,1-2H3,(H,19,20). The van der Waals surface area contributed by atoms with Crippen LogP contribution in [0.2, 0.25) is 0 Å². The highest BCUT2D eigenvalue weighted by molar-refractivity contribution is 5.85. The molecule has 1 unspecified atom stereocenters. The Kier molecular flexibility index (Phi) is 4.91. The van der Waals surface area contributed by atoms with E-state index in [1.165, 1.54) is 0 Å². The molecule has 0 aromatic rings. The average molecular weight is 297 g/mol. The minimum Gasteiger partial charge on any atom is -0.481 e. The van der Waals surface area contributed by atoms with Crippen molar-refractivity contribution in [1.82, 2.24) is 4.90 Å². The summed E-state index contributed by atoms with van der Waals surface area (Å²) in [6.07, 6.45) is 5.11. The number of nitrogens with zero attached hydrogens (tertiary/aromatic N) is 1. The molecule has 1 atom stereocenters. The molecule has 2 fully saturated rings. The van der Waals surface area contributed by atoms with Crippen molar-refractivity contribution < 1.29 is 19.4 Å². The smallest absolute Gasteiger partial charge is 0.311 e. The molecule has 1 saturated carbocycles. The maximum atomic E-state index is 12.9. The number of amides is 1. The summed E-state index contributed by atoms with van der Waals surface area (Å²) in [7, 11) is 0. The quantitative estimate of drug-likeness (QED) is 0.764. The highest BCUT2D eigenvalue weighted by Crippen LogP contribution is 2.46. The van der Waals surface area contributed by atoms with E-state index in [1.54, 1.807) is 11.8 Å². The van der Waals surface area contributed by atoms with Gasteiger partial charge in [0.2, 0.25) is 5.91 Å². The van der Waals surface area contributed by atoms with Gasteiger partial charge in [-0.3, -0.25) is 9.59 Å². The number of rotatable bonds is 6. The zero-order chi connectivity index (χ0) is 15.5. The Bertz CT molecular complexity index is 405. The molecule has 0 radical (unpaired) electrons. The Hall–Kier alpha value is -1.10. The summed E-state index contributed by atoms with van der Waals surface area (Å²) < 4.78 is 5.42. The second-order valence-electron chi connectivity index (χ2n) is 6.78. The molecule has 5 nitrogen and oxygen atoms in total. The Labute approximate surface area is 126 Å². The third-order valence-corrected chi connectivity index (χ3v) is 5.19. The van der Waals surface area contributed by atoms with Crippen LogP contribution in [0.3, 0.4) is 0 Å². The van der Waals surface area contributed by atoms with Crippen molar-refractivity contribution >= 4 is 11.9 Å².